The molecule has 0 aromatic carbocycles. The van der Waals surface area contributed by atoms with E-state index in [4.69, 9.17) is 15.4 Å². The van der Waals surface area contributed by atoms with Crippen LogP contribution in [0.5, 0.6) is 0 Å². The van der Waals surface area contributed by atoms with Crippen LogP contribution in [-0.4, -0.2) is 24.3 Å². The fraction of sp³-hybridized carbons (Fsp3) is 1.00. The molecule has 0 aromatic heterocycles. The standard InChI is InChI=1S/C5H13BBrNO2/c7-4-2-1-3-5(8)10-6-9/h5-6,9H,1-4,8H2/t5-/m1/s1. The van der Waals surface area contributed by atoms with Crippen molar-refractivity contribution < 1.29 is 9.68 Å². The molecule has 0 saturated carbocycles. The molecule has 5 heteroatoms. The van der Waals surface area contributed by atoms with Crippen molar-refractivity contribution in [1.82, 2.24) is 0 Å². The lowest BCUT2D eigenvalue weighted by Crippen LogP contribution is -2.25. The molecule has 60 valence electrons. The summed E-state index contributed by atoms with van der Waals surface area (Å²) in [6.45, 7) is 0. The van der Waals surface area contributed by atoms with E-state index in [0.29, 0.717) is 0 Å². The Labute approximate surface area is 70.4 Å². The van der Waals surface area contributed by atoms with Crippen LogP contribution >= 0.6 is 15.9 Å². The average Bonchev–Trinajstić information content (AvgIpc) is 1.89. The van der Waals surface area contributed by atoms with Crippen molar-refractivity contribution in [1.29, 1.82) is 0 Å². The van der Waals surface area contributed by atoms with Gasteiger partial charge in [0.05, 0.1) is 6.23 Å². The van der Waals surface area contributed by atoms with Crippen molar-refractivity contribution in [3.05, 3.63) is 0 Å². The van der Waals surface area contributed by atoms with Gasteiger partial charge in [-0.15, -0.1) is 0 Å². The number of hydrogen-bond donors (Lipinski definition) is 2. The lowest BCUT2D eigenvalue weighted by molar-refractivity contribution is 0.177. The summed E-state index contributed by atoms with van der Waals surface area (Å²) in [5.74, 6) is 0. The number of halogens is 1. The molecular formula is C5H13BBrNO2. The van der Waals surface area contributed by atoms with Gasteiger partial charge in [0.25, 0.3) is 0 Å². The van der Waals surface area contributed by atoms with E-state index in [0.717, 1.165) is 24.6 Å². The molecule has 1 atom stereocenters. The Morgan fingerprint density at radius 1 is 1.60 bits per heavy atom. The first-order valence-electron chi connectivity index (χ1n) is 3.35. The van der Waals surface area contributed by atoms with Gasteiger partial charge < -0.3 is 15.4 Å². The summed E-state index contributed by atoms with van der Waals surface area (Å²) in [6, 6.07) is 0. The van der Waals surface area contributed by atoms with Crippen LogP contribution < -0.4 is 5.73 Å². The second-order valence-corrected chi connectivity index (χ2v) is 2.81. The molecule has 0 bridgehead atoms. The molecular weight excluding hydrogens is 197 g/mol. The Balaban J connectivity index is 2.97. The molecule has 0 rings (SSSR count). The Bertz CT molecular complexity index is 76.7. The lowest BCUT2D eigenvalue weighted by Gasteiger charge is -2.08. The van der Waals surface area contributed by atoms with E-state index < -0.39 is 0 Å². The van der Waals surface area contributed by atoms with Crippen molar-refractivity contribution in [2.75, 3.05) is 5.33 Å². The van der Waals surface area contributed by atoms with Crippen LogP contribution in [0.15, 0.2) is 0 Å². The molecule has 0 aliphatic rings. The molecule has 0 fully saturated rings. The molecule has 3 N–H and O–H groups in total. The quantitative estimate of drug-likeness (QED) is 0.283. The van der Waals surface area contributed by atoms with Gasteiger partial charge in [0.2, 0.25) is 0 Å². The third kappa shape index (κ3) is 6.54. The zero-order valence-electron chi connectivity index (χ0n) is 5.92. The van der Waals surface area contributed by atoms with E-state index in [2.05, 4.69) is 15.9 Å². The van der Waals surface area contributed by atoms with Gasteiger partial charge in [-0.1, -0.05) is 15.9 Å². The second kappa shape index (κ2) is 7.53. The number of unbranched alkanes of at least 4 members (excludes halogenated alkanes) is 1. The molecule has 0 aliphatic heterocycles. The SMILES string of the molecule is N[C@@H](CCCCBr)OBO. The second-order valence-electron chi connectivity index (χ2n) is 2.02. The Morgan fingerprint density at radius 3 is 2.80 bits per heavy atom. The highest BCUT2D eigenvalue weighted by atomic mass is 79.9. The zero-order chi connectivity index (χ0) is 7.82. The van der Waals surface area contributed by atoms with Gasteiger partial charge >= 0.3 is 7.69 Å². The summed E-state index contributed by atoms with van der Waals surface area (Å²) < 4.78 is 4.71. The summed E-state index contributed by atoms with van der Waals surface area (Å²) in [5, 5.41) is 9.28. The molecule has 0 radical (unpaired) electrons. The van der Waals surface area contributed by atoms with Crippen molar-refractivity contribution in [2.24, 2.45) is 5.73 Å². The van der Waals surface area contributed by atoms with Crippen LogP contribution in [0.2, 0.25) is 0 Å². The third-order valence-electron chi connectivity index (χ3n) is 1.16. The first kappa shape index (κ1) is 10.4. The summed E-state index contributed by atoms with van der Waals surface area (Å²) in [6.07, 6.45) is 2.64. The Hall–Kier alpha value is 0.425. The summed E-state index contributed by atoms with van der Waals surface area (Å²) in [5.41, 5.74) is 5.43. The van der Waals surface area contributed by atoms with E-state index in [1.54, 1.807) is 0 Å². The smallest absolute Gasteiger partial charge is 0.430 e. The summed E-state index contributed by atoms with van der Waals surface area (Å²) in [4.78, 5) is 0. The van der Waals surface area contributed by atoms with Crippen LogP contribution in [0.4, 0.5) is 0 Å². The highest BCUT2D eigenvalue weighted by Gasteiger charge is 2.00. The van der Waals surface area contributed by atoms with Crippen molar-refractivity contribution in [2.45, 2.75) is 25.5 Å². The lowest BCUT2D eigenvalue weighted by atomic mass is 10.2. The molecule has 3 nitrogen and oxygen atoms in total. The number of nitrogens with two attached hydrogens (primary N) is 1. The average molecular weight is 210 g/mol. The molecule has 0 amide bonds. The molecule has 0 aromatic rings. The van der Waals surface area contributed by atoms with E-state index in [-0.39, 0.29) is 13.9 Å². The van der Waals surface area contributed by atoms with Crippen LogP contribution in [0.3, 0.4) is 0 Å². The normalized spacial score (nSPS) is 13.1. The molecule has 10 heavy (non-hydrogen) atoms. The van der Waals surface area contributed by atoms with Gasteiger partial charge in [0.15, 0.2) is 0 Å². The fourth-order valence-electron chi connectivity index (χ4n) is 0.619. The maximum absolute atomic E-state index is 8.28. The summed E-state index contributed by atoms with van der Waals surface area (Å²) in [7, 11) is -0.282. The topological polar surface area (TPSA) is 55.5 Å². The van der Waals surface area contributed by atoms with Crippen LogP contribution in [-0.2, 0) is 4.65 Å². The highest BCUT2D eigenvalue weighted by Crippen LogP contribution is 2.01. The monoisotopic (exact) mass is 209 g/mol. The predicted octanol–water partition coefficient (Wildman–Crippen LogP) is 0.112. The van der Waals surface area contributed by atoms with Crippen LogP contribution in [0, 0.1) is 0 Å². The first-order chi connectivity index (χ1) is 4.81. The molecule has 0 aliphatic carbocycles. The van der Waals surface area contributed by atoms with E-state index in [9.17, 15) is 0 Å². The van der Waals surface area contributed by atoms with E-state index >= 15 is 0 Å². The van der Waals surface area contributed by atoms with Gasteiger partial charge in [-0.05, 0) is 19.3 Å². The van der Waals surface area contributed by atoms with Gasteiger partial charge in [-0.25, -0.2) is 0 Å². The third-order valence-corrected chi connectivity index (χ3v) is 1.72. The molecule has 0 unspecified atom stereocenters. The van der Waals surface area contributed by atoms with Crippen LogP contribution in [0.25, 0.3) is 0 Å². The first-order valence-corrected chi connectivity index (χ1v) is 4.47. The number of hydrogen-bond acceptors (Lipinski definition) is 3. The van der Waals surface area contributed by atoms with Gasteiger partial charge in [-0.3, -0.25) is 0 Å². The van der Waals surface area contributed by atoms with Crippen molar-refractivity contribution >= 4 is 23.6 Å². The fourth-order valence-corrected chi connectivity index (χ4v) is 1.02. The summed E-state index contributed by atoms with van der Waals surface area (Å²) >= 11 is 3.31. The number of rotatable bonds is 6. The largest absolute Gasteiger partial charge is 0.436 e. The minimum atomic E-state index is -0.302. The highest BCUT2D eigenvalue weighted by molar-refractivity contribution is 9.09. The minimum absolute atomic E-state index is 0.282. The zero-order valence-corrected chi connectivity index (χ0v) is 7.51. The Morgan fingerprint density at radius 2 is 2.30 bits per heavy atom. The van der Waals surface area contributed by atoms with Gasteiger partial charge in [-0.2, -0.15) is 0 Å². The maximum atomic E-state index is 8.28. The molecule has 0 heterocycles. The molecule has 0 saturated heterocycles. The number of alkyl halides is 1. The van der Waals surface area contributed by atoms with E-state index in [1.165, 1.54) is 0 Å². The predicted molar refractivity (Wildman–Crippen MR) is 46.1 cm³/mol. The molecule has 0 spiro atoms. The van der Waals surface area contributed by atoms with Gasteiger partial charge in [0.1, 0.15) is 0 Å². The van der Waals surface area contributed by atoms with Crippen molar-refractivity contribution in [3.8, 4) is 0 Å². The van der Waals surface area contributed by atoms with Crippen LogP contribution in [0.1, 0.15) is 19.3 Å². The van der Waals surface area contributed by atoms with Crippen molar-refractivity contribution in [3.63, 3.8) is 0 Å². The Kier molecular flexibility index (Phi) is 7.85. The van der Waals surface area contributed by atoms with Gasteiger partial charge in [0, 0.05) is 5.33 Å². The maximum Gasteiger partial charge on any atom is 0.436 e. The van der Waals surface area contributed by atoms with E-state index in [1.807, 2.05) is 0 Å². The minimum Gasteiger partial charge on any atom is -0.430 e.